The van der Waals surface area contributed by atoms with Crippen molar-refractivity contribution in [2.24, 2.45) is 0 Å². The monoisotopic (exact) mass is 374 g/mol. The molecule has 0 saturated heterocycles. The van der Waals surface area contributed by atoms with Crippen molar-refractivity contribution in [1.82, 2.24) is 19.9 Å². The lowest BCUT2D eigenvalue weighted by molar-refractivity contribution is -0.131. The molecule has 28 heavy (non-hydrogen) atoms. The number of nitrogens with zero attached hydrogens (tertiary/aromatic N) is 4. The molecule has 0 aliphatic carbocycles. The van der Waals surface area contributed by atoms with E-state index >= 15 is 0 Å². The van der Waals surface area contributed by atoms with Crippen molar-refractivity contribution in [3.63, 3.8) is 0 Å². The van der Waals surface area contributed by atoms with Crippen LogP contribution in [-0.4, -0.2) is 39.4 Å². The molecule has 6 nitrogen and oxygen atoms in total. The second kappa shape index (κ2) is 7.76. The van der Waals surface area contributed by atoms with E-state index in [1.165, 1.54) is 0 Å². The number of methoxy groups -OCH3 is 1. The molecule has 0 unspecified atom stereocenters. The first kappa shape index (κ1) is 18.1. The van der Waals surface area contributed by atoms with Crippen LogP contribution < -0.4 is 4.74 Å². The van der Waals surface area contributed by atoms with Gasteiger partial charge in [0, 0.05) is 42.5 Å². The van der Waals surface area contributed by atoms with Crippen molar-refractivity contribution in [2.75, 3.05) is 13.7 Å². The molecule has 6 heteroatoms. The number of carbonyl (C=O) groups excluding carboxylic acids is 1. The molecule has 0 atom stereocenters. The molecule has 4 rings (SSSR count). The van der Waals surface area contributed by atoms with Crippen molar-refractivity contribution < 1.29 is 9.53 Å². The van der Waals surface area contributed by atoms with E-state index in [0.717, 1.165) is 46.2 Å². The molecule has 3 aromatic rings. The molecule has 1 aliphatic rings. The van der Waals surface area contributed by atoms with Crippen molar-refractivity contribution in [2.45, 2.75) is 26.3 Å². The predicted octanol–water partition coefficient (Wildman–Crippen LogP) is 2.98. The highest BCUT2D eigenvalue weighted by molar-refractivity contribution is 5.79. The highest BCUT2D eigenvalue weighted by Gasteiger charge is 2.25. The zero-order chi connectivity index (χ0) is 19.5. The van der Waals surface area contributed by atoms with Crippen LogP contribution in [0.25, 0.3) is 11.3 Å². The van der Waals surface area contributed by atoms with Gasteiger partial charge in [0.2, 0.25) is 5.91 Å². The summed E-state index contributed by atoms with van der Waals surface area (Å²) in [5.74, 6) is 1.62. The van der Waals surface area contributed by atoms with Crippen LogP contribution in [-0.2, 0) is 24.2 Å². The maximum absolute atomic E-state index is 12.8. The zero-order valence-electron chi connectivity index (χ0n) is 16.1. The molecular weight excluding hydrogens is 352 g/mol. The Bertz CT molecular complexity index is 987. The van der Waals surface area contributed by atoms with Crippen LogP contribution in [0.15, 0.2) is 48.7 Å². The summed E-state index contributed by atoms with van der Waals surface area (Å²) in [6, 6.07) is 13.5. The van der Waals surface area contributed by atoms with E-state index in [1.807, 2.05) is 54.3 Å². The third-order valence-corrected chi connectivity index (χ3v) is 4.95. The highest BCUT2D eigenvalue weighted by atomic mass is 16.5. The van der Waals surface area contributed by atoms with Gasteiger partial charge in [0.1, 0.15) is 11.6 Å². The second-order valence-corrected chi connectivity index (χ2v) is 6.84. The summed E-state index contributed by atoms with van der Waals surface area (Å²) in [5, 5.41) is 0. The topological polar surface area (TPSA) is 68.2 Å². The SMILES string of the molecule is COc1ccc(-c2nc(C)nc3c2CN(C(=O)Cc2ccccn2)CC3)cc1. The minimum Gasteiger partial charge on any atom is -0.497 e. The Labute approximate surface area is 164 Å². The molecule has 142 valence electrons. The Morgan fingerprint density at radius 3 is 2.68 bits per heavy atom. The number of benzene rings is 1. The van der Waals surface area contributed by atoms with E-state index in [9.17, 15) is 4.79 Å². The van der Waals surface area contributed by atoms with Crippen molar-refractivity contribution in [1.29, 1.82) is 0 Å². The molecule has 0 saturated carbocycles. The first-order chi connectivity index (χ1) is 13.6. The van der Waals surface area contributed by atoms with E-state index < -0.39 is 0 Å². The van der Waals surface area contributed by atoms with Gasteiger partial charge in [-0.2, -0.15) is 0 Å². The minimum atomic E-state index is 0.0746. The number of amides is 1. The van der Waals surface area contributed by atoms with E-state index in [-0.39, 0.29) is 5.91 Å². The van der Waals surface area contributed by atoms with Gasteiger partial charge in [-0.1, -0.05) is 6.07 Å². The smallest absolute Gasteiger partial charge is 0.228 e. The molecule has 0 radical (unpaired) electrons. The standard InChI is InChI=1S/C22H22N4O2/c1-15-24-20-10-12-26(21(27)13-17-5-3-4-11-23-17)14-19(20)22(25-15)16-6-8-18(28-2)9-7-16/h3-9,11H,10,12-14H2,1-2H3. The summed E-state index contributed by atoms with van der Waals surface area (Å²) < 4.78 is 5.25. The number of pyridine rings is 1. The minimum absolute atomic E-state index is 0.0746. The van der Waals surface area contributed by atoms with Crippen LogP contribution in [0.3, 0.4) is 0 Å². The van der Waals surface area contributed by atoms with Gasteiger partial charge in [-0.15, -0.1) is 0 Å². The van der Waals surface area contributed by atoms with Crippen LogP contribution in [0.1, 0.15) is 22.8 Å². The van der Waals surface area contributed by atoms with E-state index in [4.69, 9.17) is 4.74 Å². The summed E-state index contributed by atoms with van der Waals surface area (Å²) in [6.45, 7) is 3.09. The van der Waals surface area contributed by atoms with Crippen molar-refractivity contribution >= 4 is 5.91 Å². The number of rotatable bonds is 4. The van der Waals surface area contributed by atoms with Gasteiger partial charge in [0.25, 0.3) is 0 Å². The van der Waals surface area contributed by atoms with Gasteiger partial charge in [-0.3, -0.25) is 9.78 Å². The molecule has 0 spiro atoms. The Morgan fingerprint density at radius 1 is 1.14 bits per heavy atom. The predicted molar refractivity (Wildman–Crippen MR) is 106 cm³/mol. The number of fused-ring (bicyclic) bond motifs is 1. The fraction of sp³-hybridized carbons (Fsp3) is 0.273. The molecule has 0 N–H and O–H groups in total. The highest BCUT2D eigenvalue weighted by Crippen LogP contribution is 2.29. The van der Waals surface area contributed by atoms with Crippen LogP contribution in [0.5, 0.6) is 5.75 Å². The zero-order valence-corrected chi connectivity index (χ0v) is 16.1. The van der Waals surface area contributed by atoms with Crippen molar-refractivity contribution in [3.8, 4) is 17.0 Å². The number of ether oxygens (including phenoxy) is 1. The van der Waals surface area contributed by atoms with Crippen LogP contribution >= 0.6 is 0 Å². The van der Waals surface area contributed by atoms with Gasteiger partial charge in [-0.05, 0) is 43.3 Å². The molecule has 1 aliphatic heterocycles. The van der Waals surface area contributed by atoms with Crippen molar-refractivity contribution in [3.05, 3.63) is 71.4 Å². The van der Waals surface area contributed by atoms with E-state index in [2.05, 4.69) is 15.0 Å². The lowest BCUT2D eigenvalue weighted by Crippen LogP contribution is -2.38. The molecule has 2 aromatic heterocycles. The third-order valence-electron chi connectivity index (χ3n) is 4.95. The normalized spacial score (nSPS) is 13.1. The maximum atomic E-state index is 12.8. The number of aromatic nitrogens is 3. The Morgan fingerprint density at radius 2 is 1.96 bits per heavy atom. The van der Waals surface area contributed by atoms with Gasteiger partial charge in [0.05, 0.1) is 24.9 Å². The molecular formula is C22H22N4O2. The Hall–Kier alpha value is -3.28. The van der Waals surface area contributed by atoms with E-state index in [1.54, 1.807) is 13.3 Å². The van der Waals surface area contributed by atoms with Gasteiger partial charge < -0.3 is 9.64 Å². The number of hydrogen-bond acceptors (Lipinski definition) is 5. The second-order valence-electron chi connectivity index (χ2n) is 6.84. The largest absolute Gasteiger partial charge is 0.497 e. The lowest BCUT2D eigenvalue weighted by Gasteiger charge is -2.29. The number of carbonyl (C=O) groups is 1. The van der Waals surface area contributed by atoms with Crippen LogP contribution in [0, 0.1) is 6.92 Å². The first-order valence-electron chi connectivity index (χ1n) is 9.32. The first-order valence-corrected chi connectivity index (χ1v) is 9.32. The molecule has 1 amide bonds. The van der Waals surface area contributed by atoms with Gasteiger partial charge in [-0.25, -0.2) is 9.97 Å². The third kappa shape index (κ3) is 3.71. The number of aryl methyl sites for hydroxylation is 1. The van der Waals surface area contributed by atoms with E-state index in [0.29, 0.717) is 19.5 Å². The molecule has 0 bridgehead atoms. The summed E-state index contributed by atoms with van der Waals surface area (Å²) in [5.41, 5.74) is 4.73. The van der Waals surface area contributed by atoms with Gasteiger partial charge in [0.15, 0.2) is 0 Å². The quantitative estimate of drug-likeness (QED) is 0.702. The summed E-state index contributed by atoms with van der Waals surface area (Å²) in [7, 11) is 1.65. The number of hydrogen-bond donors (Lipinski definition) is 0. The lowest BCUT2D eigenvalue weighted by atomic mass is 9.98. The van der Waals surface area contributed by atoms with Gasteiger partial charge >= 0.3 is 0 Å². The van der Waals surface area contributed by atoms with Crippen LogP contribution in [0.4, 0.5) is 0 Å². The molecule has 0 fully saturated rings. The summed E-state index contributed by atoms with van der Waals surface area (Å²) in [4.78, 5) is 28.3. The van der Waals surface area contributed by atoms with Crippen LogP contribution in [0.2, 0.25) is 0 Å². The molecule has 3 heterocycles. The summed E-state index contributed by atoms with van der Waals surface area (Å²) in [6.07, 6.45) is 2.75. The maximum Gasteiger partial charge on any atom is 0.228 e. The fourth-order valence-electron chi connectivity index (χ4n) is 3.51. The summed E-state index contributed by atoms with van der Waals surface area (Å²) >= 11 is 0. The Balaban J connectivity index is 1.62. The average molecular weight is 374 g/mol. The Kier molecular flexibility index (Phi) is 5.02. The average Bonchev–Trinajstić information content (AvgIpc) is 2.73. The fourth-order valence-corrected chi connectivity index (χ4v) is 3.51. The molecule has 1 aromatic carbocycles.